The molecule has 3 rings (SSSR count). The number of fused-ring (bicyclic) bond motifs is 2. The Morgan fingerprint density at radius 2 is 2.05 bits per heavy atom. The van der Waals surface area contributed by atoms with Crippen molar-refractivity contribution in [3.05, 3.63) is 28.3 Å². The maximum absolute atomic E-state index is 12.5. The zero-order valence-electron chi connectivity index (χ0n) is 13.6. The van der Waals surface area contributed by atoms with Gasteiger partial charge in [0.2, 0.25) is 5.91 Å². The molecule has 1 amide bonds. The van der Waals surface area contributed by atoms with E-state index in [-0.39, 0.29) is 5.91 Å². The van der Waals surface area contributed by atoms with Crippen LogP contribution in [-0.2, 0) is 17.6 Å². The molecule has 0 aliphatic heterocycles. The van der Waals surface area contributed by atoms with Crippen LogP contribution in [0.2, 0.25) is 5.02 Å². The highest BCUT2D eigenvalue weighted by Gasteiger charge is 2.40. The monoisotopic (exact) mass is 319 g/mol. The van der Waals surface area contributed by atoms with Crippen molar-refractivity contribution in [1.29, 1.82) is 0 Å². The first kappa shape index (κ1) is 15.9. The van der Waals surface area contributed by atoms with Gasteiger partial charge in [-0.2, -0.15) is 0 Å². The fourth-order valence-corrected chi connectivity index (χ4v) is 4.81. The Balaban J connectivity index is 1.72. The molecule has 0 spiro atoms. The number of carbonyl (C=O) groups is 1. The molecule has 120 valence electrons. The summed E-state index contributed by atoms with van der Waals surface area (Å²) in [5.74, 6) is 2.47. The topological polar surface area (TPSA) is 29.1 Å². The van der Waals surface area contributed by atoms with Gasteiger partial charge in [-0.25, -0.2) is 0 Å². The third-order valence-corrected chi connectivity index (χ3v) is 6.03. The largest absolute Gasteiger partial charge is 0.326 e. The van der Waals surface area contributed by atoms with Crippen molar-refractivity contribution in [3.63, 3.8) is 0 Å². The number of hydrogen-bond donors (Lipinski definition) is 1. The van der Waals surface area contributed by atoms with Crippen LogP contribution in [-0.4, -0.2) is 5.91 Å². The molecule has 0 saturated heterocycles. The van der Waals surface area contributed by atoms with E-state index in [1.165, 1.54) is 31.2 Å². The number of nitrogens with one attached hydrogen (secondary N) is 1. The van der Waals surface area contributed by atoms with Gasteiger partial charge in [-0.05, 0) is 67.1 Å². The van der Waals surface area contributed by atoms with Gasteiger partial charge in [0.25, 0.3) is 0 Å². The number of rotatable bonds is 5. The Hall–Kier alpha value is -1.02. The smallest absolute Gasteiger partial charge is 0.224 e. The molecule has 3 heteroatoms. The Bertz CT molecular complexity index is 569. The van der Waals surface area contributed by atoms with Gasteiger partial charge >= 0.3 is 0 Å². The minimum Gasteiger partial charge on any atom is -0.326 e. The van der Waals surface area contributed by atoms with Gasteiger partial charge in [-0.3, -0.25) is 4.79 Å². The van der Waals surface area contributed by atoms with Crippen LogP contribution in [0, 0.1) is 17.8 Å². The third-order valence-electron chi connectivity index (χ3n) is 5.67. The average Bonchev–Trinajstić information content (AvgIpc) is 3.10. The lowest BCUT2D eigenvalue weighted by molar-refractivity contribution is -0.117. The standard InChI is InChI=1S/C19H26ClNO/c1-3-13-7-8-17(20)16(4-2)19(13)21-18(22)11-15-10-12-5-6-14(15)9-12/h7-8,12,14-15H,3-6,9-11H2,1-2H3,(H,21,22)/t12-,14+,15-/m0/s1. The molecule has 2 fully saturated rings. The van der Waals surface area contributed by atoms with E-state index in [9.17, 15) is 4.79 Å². The maximum Gasteiger partial charge on any atom is 0.224 e. The normalized spacial score (nSPS) is 26.4. The van der Waals surface area contributed by atoms with E-state index in [1.807, 2.05) is 12.1 Å². The van der Waals surface area contributed by atoms with Crippen molar-refractivity contribution < 1.29 is 4.79 Å². The van der Waals surface area contributed by atoms with Gasteiger partial charge < -0.3 is 5.32 Å². The second-order valence-electron chi connectivity index (χ2n) is 6.95. The fourth-order valence-electron chi connectivity index (χ4n) is 4.52. The van der Waals surface area contributed by atoms with Crippen molar-refractivity contribution in [2.75, 3.05) is 5.32 Å². The summed E-state index contributed by atoms with van der Waals surface area (Å²) in [5, 5.41) is 3.94. The molecule has 2 bridgehead atoms. The quantitative estimate of drug-likeness (QED) is 0.791. The van der Waals surface area contributed by atoms with Gasteiger partial charge in [-0.1, -0.05) is 37.9 Å². The summed E-state index contributed by atoms with van der Waals surface area (Å²) in [5.41, 5.74) is 3.22. The number of halogens is 1. The van der Waals surface area contributed by atoms with Crippen molar-refractivity contribution in [2.45, 2.75) is 58.8 Å². The molecule has 2 aliphatic carbocycles. The minimum absolute atomic E-state index is 0.171. The van der Waals surface area contributed by atoms with E-state index in [0.717, 1.165) is 41.0 Å². The minimum atomic E-state index is 0.171. The molecule has 1 N–H and O–H groups in total. The molecule has 1 aromatic rings. The van der Waals surface area contributed by atoms with Crippen LogP contribution in [0.5, 0.6) is 0 Å². The van der Waals surface area contributed by atoms with Crippen LogP contribution in [0.15, 0.2) is 12.1 Å². The van der Waals surface area contributed by atoms with Crippen LogP contribution < -0.4 is 5.32 Å². The van der Waals surface area contributed by atoms with E-state index in [4.69, 9.17) is 11.6 Å². The molecule has 3 atom stereocenters. The number of hydrogen-bond acceptors (Lipinski definition) is 1. The SMILES string of the molecule is CCc1ccc(Cl)c(CC)c1NC(=O)C[C@@H]1C[C@H]2CC[C@@H]1C2. The number of carbonyl (C=O) groups excluding carboxylic acids is 1. The Morgan fingerprint density at radius 3 is 2.64 bits per heavy atom. The molecule has 0 radical (unpaired) electrons. The number of anilines is 1. The average molecular weight is 320 g/mol. The van der Waals surface area contributed by atoms with Crippen LogP contribution >= 0.6 is 11.6 Å². The maximum atomic E-state index is 12.5. The van der Waals surface area contributed by atoms with Crippen molar-refractivity contribution in [1.82, 2.24) is 0 Å². The molecule has 2 aliphatic rings. The molecule has 22 heavy (non-hydrogen) atoms. The summed E-state index contributed by atoms with van der Waals surface area (Å²) in [7, 11) is 0. The molecule has 2 saturated carbocycles. The summed E-state index contributed by atoms with van der Waals surface area (Å²) in [6.07, 6.45) is 7.77. The lowest BCUT2D eigenvalue weighted by Crippen LogP contribution is -2.21. The van der Waals surface area contributed by atoms with Crippen molar-refractivity contribution in [2.24, 2.45) is 17.8 Å². The van der Waals surface area contributed by atoms with E-state index in [0.29, 0.717) is 12.3 Å². The molecule has 1 aromatic carbocycles. The number of benzene rings is 1. The van der Waals surface area contributed by atoms with Crippen molar-refractivity contribution >= 4 is 23.2 Å². The van der Waals surface area contributed by atoms with Crippen molar-refractivity contribution in [3.8, 4) is 0 Å². The highest BCUT2D eigenvalue weighted by Crippen LogP contribution is 2.49. The highest BCUT2D eigenvalue weighted by molar-refractivity contribution is 6.32. The Kier molecular flexibility index (Phi) is 4.77. The predicted molar refractivity (Wildman–Crippen MR) is 92.4 cm³/mol. The lowest BCUT2D eigenvalue weighted by atomic mass is 9.86. The van der Waals surface area contributed by atoms with Crippen LogP contribution in [0.25, 0.3) is 0 Å². The lowest BCUT2D eigenvalue weighted by Gasteiger charge is -2.22. The van der Waals surface area contributed by atoms with Crippen LogP contribution in [0.4, 0.5) is 5.69 Å². The third kappa shape index (κ3) is 3.03. The molecular weight excluding hydrogens is 294 g/mol. The number of aryl methyl sites for hydroxylation is 1. The molecular formula is C19H26ClNO. The molecule has 0 unspecified atom stereocenters. The second kappa shape index (κ2) is 6.62. The highest BCUT2D eigenvalue weighted by atomic mass is 35.5. The zero-order valence-corrected chi connectivity index (χ0v) is 14.4. The summed E-state index contributed by atoms with van der Waals surface area (Å²) in [4.78, 5) is 12.5. The van der Waals surface area contributed by atoms with E-state index in [1.54, 1.807) is 0 Å². The first-order valence-electron chi connectivity index (χ1n) is 8.72. The first-order valence-corrected chi connectivity index (χ1v) is 9.10. The van der Waals surface area contributed by atoms with Crippen LogP contribution in [0.1, 0.15) is 57.1 Å². The molecule has 2 nitrogen and oxygen atoms in total. The predicted octanol–water partition coefficient (Wildman–Crippen LogP) is 5.23. The Labute approximate surface area is 138 Å². The summed E-state index contributed by atoms with van der Waals surface area (Å²) >= 11 is 6.31. The fraction of sp³-hybridized carbons (Fsp3) is 0.632. The Morgan fingerprint density at radius 1 is 1.23 bits per heavy atom. The van der Waals surface area contributed by atoms with Gasteiger partial charge in [0.1, 0.15) is 0 Å². The second-order valence-corrected chi connectivity index (χ2v) is 7.36. The van der Waals surface area contributed by atoms with E-state index >= 15 is 0 Å². The zero-order chi connectivity index (χ0) is 15.7. The van der Waals surface area contributed by atoms with E-state index < -0.39 is 0 Å². The van der Waals surface area contributed by atoms with Gasteiger partial charge in [0.15, 0.2) is 0 Å². The molecule has 0 aromatic heterocycles. The van der Waals surface area contributed by atoms with Crippen LogP contribution in [0.3, 0.4) is 0 Å². The summed E-state index contributed by atoms with van der Waals surface area (Å²) in [6, 6.07) is 3.99. The van der Waals surface area contributed by atoms with Gasteiger partial charge in [0, 0.05) is 17.1 Å². The first-order chi connectivity index (χ1) is 10.6. The molecule has 0 heterocycles. The van der Waals surface area contributed by atoms with E-state index in [2.05, 4.69) is 19.2 Å². The summed E-state index contributed by atoms with van der Waals surface area (Å²) < 4.78 is 0. The van der Waals surface area contributed by atoms with Gasteiger partial charge in [0.05, 0.1) is 0 Å². The number of amides is 1. The van der Waals surface area contributed by atoms with Gasteiger partial charge in [-0.15, -0.1) is 0 Å². The summed E-state index contributed by atoms with van der Waals surface area (Å²) in [6.45, 7) is 4.21.